The number of likely N-dealkylation sites (tertiary alicyclic amines) is 1. The van der Waals surface area contributed by atoms with Crippen molar-refractivity contribution in [2.45, 2.75) is 19.1 Å². The second-order valence-electron chi connectivity index (χ2n) is 5.53. The maximum atomic E-state index is 13.1. The fourth-order valence-corrected chi connectivity index (χ4v) is 2.55. The van der Waals surface area contributed by atoms with Gasteiger partial charge in [-0.3, -0.25) is 4.68 Å². The molecule has 5 nitrogen and oxygen atoms in total. The summed E-state index contributed by atoms with van der Waals surface area (Å²) in [5.74, 6) is -0.284. The van der Waals surface area contributed by atoms with E-state index in [2.05, 4.69) is 10.4 Å². The van der Waals surface area contributed by atoms with Crippen molar-refractivity contribution in [3.05, 3.63) is 42.3 Å². The van der Waals surface area contributed by atoms with E-state index in [0.29, 0.717) is 26.1 Å². The zero-order chi connectivity index (χ0) is 16.2. The Labute approximate surface area is 132 Å². The summed E-state index contributed by atoms with van der Waals surface area (Å²) in [6, 6.07) is 7.72. The molecule has 1 aromatic heterocycles. The number of hydrogen-bond donors (Lipinski definition) is 1. The molecule has 1 aliphatic rings. The molecule has 3 rings (SSSR count). The molecule has 2 heterocycles. The molecule has 122 valence electrons. The Kier molecular flexibility index (Phi) is 4.55. The number of nitrogens with zero attached hydrogens (tertiary/aromatic N) is 3. The number of aromatic nitrogens is 2. The molecule has 1 fully saturated rings. The fraction of sp³-hybridized carbons (Fsp3) is 0.375. The van der Waals surface area contributed by atoms with Crippen LogP contribution in [0.25, 0.3) is 11.3 Å². The van der Waals surface area contributed by atoms with E-state index in [9.17, 15) is 13.6 Å². The number of halogens is 2. The van der Waals surface area contributed by atoms with E-state index < -0.39 is 6.17 Å². The summed E-state index contributed by atoms with van der Waals surface area (Å²) in [7, 11) is 0. The number of urea groups is 1. The molecular formula is C16H18F2N4O. The van der Waals surface area contributed by atoms with E-state index in [4.69, 9.17) is 0 Å². The van der Waals surface area contributed by atoms with E-state index in [1.54, 1.807) is 23.0 Å². The van der Waals surface area contributed by atoms with Crippen molar-refractivity contribution in [3.8, 4) is 11.3 Å². The number of alkyl halides is 1. The van der Waals surface area contributed by atoms with Gasteiger partial charge in [0, 0.05) is 24.8 Å². The Bertz CT molecular complexity index is 671. The second-order valence-corrected chi connectivity index (χ2v) is 5.53. The highest BCUT2D eigenvalue weighted by Crippen LogP contribution is 2.17. The Morgan fingerprint density at radius 3 is 2.78 bits per heavy atom. The Hall–Kier alpha value is -2.44. The summed E-state index contributed by atoms with van der Waals surface area (Å²) in [5.41, 5.74) is 1.58. The number of hydrogen-bond acceptors (Lipinski definition) is 2. The lowest BCUT2D eigenvalue weighted by atomic mass is 10.1. The van der Waals surface area contributed by atoms with Crippen LogP contribution in [0.1, 0.15) is 6.42 Å². The molecule has 0 saturated carbocycles. The van der Waals surface area contributed by atoms with Gasteiger partial charge in [0.05, 0.1) is 18.8 Å². The van der Waals surface area contributed by atoms with Gasteiger partial charge < -0.3 is 10.2 Å². The molecule has 1 atom stereocenters. The molecule has 1 aliphatic heterocycles. The first-order chi connectivity index (χ1) is 11.1. The van der Waals surface area contributed by atoms with E-state index in [0.717, 1.165) is 11.3 Å². The number of carbonyl (C=O) groups excluding carboxylic acids is 1. The SMILES string of the molecule is O=C(NCCn1ccc(-c2ccc(F)cc2)n1)N1CC[C@@H](F)C1. The average Bonchev–Trinajstić information content (AvgIpc) is 3.17. The predicted octanol–water partition coefficient (Wildman–Crippen LogP) is 2.44. The summed E-state index contributed by atoms with van der Waals surface area (Å²) >= 11 is 0. The highest BCUT2D eigenvalue weighted by Gasteiger charge is 2.25. The first-order valence-electron chi connectivity index (χ1n) is 7.58. The molecule has 2 aromatic rings. The van der Waals surface area contributed by atoms with Crippen LogP contribution in [0.4, 0.5) is 13.6 Å². The molecule has 0 unspecified atom stereocenters. The summed E-state index contributed by atoms with van der Waals surface area (Å²) in [4.78, 5) is 13.3. The fourth-order valence-electron chi connectivity index (χ4n) is 2.55. The molecule has 0 aliphatic carbocycles. The highest BCUT2D eigenvalue weighted by molar-refractivity contribution is 5.74. The quantitative estimate of drug-likeness (QED) is 0.941. The maximum absolute atomic E-state index is 13.1. The molecular weight excluding hydrogens is 302 g/mol. The minimum absolute atomic E-state index is 0.169. The van der Waals surface area contributed by atoms with Crippen LogP contribution in [-0.4, -0.2) is 46.5 Å². The summed E-state index contributed by atoms with van der Waals surface area (Å²) in [6.45, 7) is 1.56. The third kappa shape index (κ3) is 3.85. The molecule has 2 amide bonds. The maximum Gasteiger partial charge on any atom is 0.317 e. The zero-order valence-electron chi connectivity index (χ0n) is 12.6. The van der Waals surface area contributed by atoms with Crippen LogP contribution in [0.15, 0.2) is 36.5 Å². The standard InChI is InChI=1S/C16H18F2N4O/c17-13-3-1-12(2-4-13)15-6-9-22(20-15)10-7-19-16(23)21-8-5-14(18)11-21/h1-4,6,9,14H,5,7-8,10-11H2,(H,19,23)/t14-/m1/s1. The Balaban J connectivity index is 1.49. The molecule has 1 saturated heterocycles. The molecule has 0 bridgehead atoms. The first kappa shape index (κ1) is 15.5. The molecule has 7 heteroatoms. The smallest absolute Gasteiger partial charge is 0.317 e. The number of carbonyl (C=O) groups is 1. The van der Waals surface area contributed by atoms with Gasteiger partial charge in [0.2, 0.25) is 0 Å². The van der Waals surface area contributed by atoms with Gasteiger partial charge in [-0.25, -0.2) is 13.6 Å². The lowest BCUT2D eigenvalue weighted by Crippen LogP contribution is -2.40. The van der Waals surface area contributed by atoms with Crippen LogP contribution in [-0.2, 0) is 6.54 Å². The molecule has 0 radical (unpaired) electrons. The van der Waals surface area contributed by atoms with Gasteiger partial charge in [0.1, 0.15) is 12.0 Å². The van der Waals surface area contributed by atoms with Gasteiger partial charge in [0.25, 0.3) is 0 Å². The Morgan fingerprint density at radius 1 is 1.30 bits per heavy atom. The van der Waals surface area contributed by atoms with Crippen molar-refractivity contribution in [1.82, 2.24) is 20.0 Å². The largest absolute Gasteiger partial charge is 0.336 e. The zero-order valence-corrected chi connectivity index (χ0v) is 12.6. The normalized spacial score (nSPS) is 17.5. The molecule has 0 spiro atoms. The third-order valence-corrected chi connectivity index (χ3v) is 3.82. The molecule has 1 N–H and O–H groups in total. The number of rotatable bonds is 4. The van der Waals surface area contributed by atoms with Crippen molar-refractivity contribution in [2.24, 2.45) is 0 Å². The van der Waals surface area contributed by atoms with Crippen LogP contribution in [0.5, 0.6) is 0 Å². The first-order valence-corrected chi connectivity index (χ1v) is 7.58. The van der Waals surface area contributed by atoms with Crippen molar-refractivity contribution >= 4 is 6.03 Å². The van der Waals surface area contributed by atoms with E-state index in [-0.39, 0.29) is 18.4 Å². The minimum atomic E-state index is -0.912. The van der Waals surface area contributed by atoms with Crippen molar-refractivity contribution in [1.29, 1.82) is 0 Å². The Morgan fingerprint density at radius 2 is 2.09 bits per heavy atom. The summed E-state index contributed by atoms with van der Waals surface area (Å²) in [5, 5.41) is 7.15. The average molecular weight is 320 g/mol. The number of benzene rings is 1. The monoisotopic (exact) mass is 320 g/mol. The van der Waals surface area contributed by atoms with E-state index >= 15 is 0 Å². The lowest BCUT2D eigenvalue weighted by Gasteiger charge is -2.16. The van der Waals surface area contributed by atoms with Gasteiger partial charge in [-0.15, -0.1) is 0 Å². The van der Waals surface area contributed by atoms with Gasteiger partial charge >= 0.3 is 6.03 Å². The number of nitrogens with one attached hydrogen (secondary N) is 1. The van der Waals surface area contributed by atoms with Crippen molar-refractivity contribution < 1.29 is 13.6 Å². The van der Waals surface area contributed by atoms with Gasteiger partial charge in [-0.2, -0.15) is 5.10 Å². The van der Waals surface area contributed by atoms with E-state index in [1.165, 1.54) is 17.0 Å². The number of amides is 2. The van der Waals surface area contributed by atoms with Crippen LogP contribution >= 0.6 is 0 Å². The van der Waals surface area contributed by atoms with Crippen LogP contribution < -0.4 is 5.32 Å². The van der Waals surface area contributed by atoms with Gasteiger partial charge in [-0.05, 0) is 36.8 Å². The predicted molar refractivity (Wildman–Crippen MR) is 82.1 cm³/mol. The highest BCUT2D eigenvalue weighted by atomic mass is 19.1. The van der Waals surface area contributed by atoms with Gasteiger partial charge in [-0.1, -0.05) is 0 Å². The van der Waals surface area contributed by atoms with Crippen molar-refractivity contribution in [2.75, 3.05) is 19.6 Å². The third-order valence-electron chi connectivity index (χ3n) is 3.82. The minimum Gasteiger partial charge on any atom is -0.336 e. The van der Waals surface area contributed by atoms with Crippen LogP contribution in [0.3, 0.4) is 0 Å². The topological polar surface area (TPSA) is 50.2 Å². The van der Waals surface area contributed by atoms with Crippen molar-refractivity contribution in [3.63, 3.8) is 0 Å². The second kappa shape index (κ2) is 6.76. The summed E-state index contributed by atoms with van der Waals surface area (Å²) in [6.07, 6.45) is 1.30. The van der Waals surface area contributed by atoms with Crippen LogP contribution in [0.2, 0.25) is 0 Å². The summed E-state index contributed by atoms with van der Waals surface area (Å²) < 4.78 is 27.7. The lowest BCUT2D eigenvalue weighted by molar-refractivity contribution is 0.204. The molecule has 1 aromatic carbocycles. The molecule has 23 heavy (non-hydrogen) atoms. The van der Waals surface area contributed by atoms with E-state index in [1.807, 2.05) is 6.07 Å². The van der Waals surface area contributed by atoms with Gasteiger partial charge in [0.15, 0.2) is 0 Å². The van der Waals surface area contributed by atoms with Crippen LogP contribution in [0, 0.1) is 5.82 Å².